The first-order valence-electron chi connectivity index (χ1n) is 4.27. The summed E-state index contributed by atoms with van der Waals surface area (Å²) >= 11 is 7.39. The van der Waals surface area contributed by atoms with Crippen LogP contribution in [0.3, 0.4) is 0 Å². The van der Waals surface area contributed by atoms with Gasteiger partial charge in [0, 0.05) is 11.4 Å². The van der Waals surface area contributed by atoms with E-state index in [0.29, 0.717) is 5.92 Å². The van der Waals surface area contributed by atoms with Gasteiger partial charge in [-0.1, -0.05) is 11.6 Å². The van der Waals surface area contributed by atoms with Gasteiger partial charge < -0.3 is 5.32 Å². The number of amides is 1. The summed E-state index contributed by atoms with van der Waals surface area (Å²) in [6.45, 7) is 0.842. The molecule has 4 heteroatoms. The van der Waals surface area contributed by atoms with Crippen LogP contribution < -0.4 is 5.32 Å². The summed E-state index contributed by atoms with van der Waals surface area (Å²) in [5.41, 5.74) is -0.183. The topological polar surface area (TPSA) is 29.1 Å². The molecule has 1 aliphatic heterocycles. The molecule has 2 nitrogen and oxygen atoms in total. The van der Waals surface area contributed by atoms with Crippen molar-refractivity contribution >= 4 is 28.8 Å². The third kappa shape index (κ3) is 0.864. The molecule has 0 aromatic carbocycles. The first-order chi connectivity index (χ1) is 6.23. The number of piperidine rings is 1. The van der Waals surface area contributed by atoms with Gasteiger partial charge in [-0.25, -0.2) is 0 Å². The maximum atomic E-state index is 11.6. The molecule has 1 N–H and O–H groups in total. The van der Waals surface area contributed by atoms with Crippen molar-refractivity contribution in [2.24, 2.45) is 5.92 Å². The third-order valence-electron chi connectivity index (χ3n) is 3.03. The van der Waals surface area contributed by atoms with Crippen molar-refractivity contribution in [3.63, 3.8) is 0 Å². The Kier molecular flexibility index (Phi) is 1.37. The van der Waals surface area contributed by atoms with Crippen LogP contribution in [0.4, 0.5) is 0 Å². The maximum absolute atomic E-state index is 11.6. The van der Waals surface area contributed by atoms with E-state index in [2.05, 4.69) is 5.32 Å². The van der Waals surface area contributed by atoms with Gasteiger partial charge in [-0.05, 0) is 24.5 Å². The Balaban J connectivity index is 2.06. The Morgan fingerprint density at radius 3 is 2.92 bits per heavy atom. The zero-order valence-electron chi connectivity index (χ0n) is 6.84. The van der Waals surface area contributed by atoms with E-state index in [1.807, 2.05) is 12.1 Å². The van der Waals surface area contributed by atoms with Crippen molar-refractivity contribution in [1.29, 1.82) is 0 Å². The molecule has 2 atom stereocenters. The van der Waals surface area contributed by atoms with Gasteiger partial charge >= 0.3 is 0 Å². The average molecular weight is 214 g/mol. The molecular formula is C9H8ClNOS. The molecule has 1 aliphatic carbocycles. The molecule has 0 spiro atoms. The van der Waals surface area contributed by atoms with Crippen LogP contribution in [0.5, 0.6) is 0 Å². The fourth-order valence-electron chi connectivity index (χ4n) is 2.20. The molecule has 0 bridgehead atoms. The van der Waals surface area contributed by atoms with Gasteiger partial charge in [-0.3, -0.25) is 4.79 Å². The minimum absolute atomic E-state index is 0.183. The van der Waals surface area contributed by atoms with Crippen molar-refractivity contribution in [3.8, 4) is 0 Å². The molecule has 1 amide bonds. The van der Waals surface area contributed by atoms with Crippen LogP contribution in [-0.4, -0.2) is 12.5 Å². The van der Waals surface area contributed by atoms with Crippen molar-refractivity contribution in [3.05, 3.63) is 21.3 Å². The summed E-state index contributed by atoms with van der Waals surface area (Å²) in [6, 6.07) is 3.86. The summed E-state index contributed by atoms with van der Waals surface area (Å²) in [5.74, 6) is 0.714. The SMILES string of the molecule is O=C1NC[C@H]2C[C@@]12c1ccc(Cl)s1. The summed E-state index contributed by atoms with van der Waals surface area (Å²) in [6.07, 6.45) is 1.01. The lowest BCUT2D eigenvalue weighted by Crippen LogP contribution is -2.27. The van der Waals surface area contributed by atoms with Gasteiger partial charge in [0.1, 0.15) is 0 Å². The van der Waals surface area contributed by atoms with Crippen LogP contribution in [0, 0.1) is 5.92 Å². The Morgan fingerprint density at radius 1 is 1.62 bits per heavy atom. The van der Waals surface area contributed by atoms with Crippen molar-refractivity contribution in [2.75, 3.05) is 6.54 Å². The van der Waals surface area contributed by atoms with E-state index < -0.39 is 0 Å². The van der Waals surface area contributed by atoms with E-state index in [0.717, 1.165) is 22.2 Å². The summed E-state index contributed by atoms with van der Waals surface area (Å²) in [4.78, 5) is 12.7. The molecule has 68 valence electrons. The predicted octanol–water partition coefficient (Wildman–Crippen LogP) is 1.79. The van der Waals surface area contributed by atoms with Crippen LogP contribution >= 0.6 is 22.9 Å². The quantitative estimate of drug-likeness (QED) is 0.757. The van der Waals surface area contributed by atoms with Crippen LogP contribution in [-0.2, 0) is 10.2 Å². The number of nitrogens with one attached hydrogen (secondary N) is 1. The fourth-order valence-corrected chi connectivity index (χ4v) is 3.52. The molecule has 13 heavy (non-hydrogen) atoms. The lowest BCUT2D eigenvalue weighted by Gasteiger charge is -2.06. The van der Waals surface area contributed by atoms with Crippen LogP contribution in [0.25, 0.3) is 0 Å². The highest BCUT2D eigenvalue weighted by Crippen LogP contribution is 2.58. The van der Waals surface area contributed by atoms with Crippen molar-refractivity contribution < 1.29 is 4.79 Å². The highest BCUT2D eigenvalue weighted by atomic mass is 35.5. The molecule has 0 radical (unpaired) electrons. The first-order valence-corrected chi connectivity index (χ1v) is 5.47. The van der Waals surface area contributed by atoms with E-state index >= 15 is 0 Å². The van der Waals surface area contributed by atoms with Gasteiger partial charge in [0.2, 0.25) is 5.91 Å². The van der Waals surface area contributed by atoms with E-state index in [1.165, 1.54) is 11.3 Å². The lowest BCUT2D eigenvalue weighted by molar-refractivity contribution is -0.121. The molecule has 1 saturated heterocycles. The minimum Gasteiger partial charge on any atom is -0.355 e. The van der Waals surface area contributed by atoms with Crippen LogP contribution in [0.1, 0.15) is 11.3 Å². The normalized spacial score (nSPS) is 35.8. The number of carbonyl (C=O) groups is 1. The Labute approximate surface area is 84.9 Å². The third-order valence-corrected chi connectivity index (χ3v) is 4.44. The molecule has 2 fully saturated rings. The monoisotopic (exact) mass is 213 g/mol. The highest BCUT2D eigenvalue weighted by molar-refractivity contribution is 7.16. The minimum atomic E-state index is -0.183. The average Bonchev–Trinajstić information content (AvgIpc) is 2.55. The van der Waals surface area contributed by atoms with Gasteiger partial charge in [-0.15, -0.1) is 11.3 Å². The lowest BCUT2D eigenvalue weighted by atomic mass is 10.0. The summed E-state index contributed by atoms with van der Waals surface area (Å²) < 4.78 is 0.773. The molecule has 2 aliphatic rings. The zero-order chi connectivity index (χ0) is 9.05. The van der Waals surface area contributed by atoms with Gasteiger partial charge in [-0.2, -0.15) is 0 Å². The zero-order valence-corrected chi connectivity index (χ0v) is 8.41. The van der Waals surface area contributed by atoms with E-state index in [9.17, 15) is 4.79 Å². The van der Waals surface area contributed by atoms with Gasteiger partial charge in [0.15, 0.2) is 0 Å². The number of thiophene rings is 1. The Hall–Kier alpha value is -0.540. The number of rotatable bonds is 1. The molecule has 3 rings (SSSR count). The number of hydrogen-bond donors (Lipinski definition) is 1. The van der Waals surface area contributed by atoms with E-state index in [-0.39, 0.29) is 11.3 Å². The number of carbonyl (C=O) groups excluding carboxylic acids is 1. The van der Waals surface area contributed by atoms with Crippen LogP contribution in [0.15, 0.2) is 12.1 Å². The molecule has 0 unspecified atom stereocenters. The number of hydrogen-bond acceptors (Lipinski definition) is 2. The standard InChI is InChI=1S/C9H8ClNOS/c10-7-2-1-6(13-7)9-3-5(9)4-11-8(9)12/h1-2,5H,3-4H2,(H,11,12)/t5-,9-/m1/s1. The number of fused-ring (bicyclic) bond motifs is 1. The van der Waals surface area contributed by atoms with Gasteiger partial charge in [0.05, 0.1) is 9.75 Å². The van der Waals surface area contributed by atoms with E-state index in [1.54, 1.807) is 0 Å². The second-order valence-electron chi connectivity index (χ2n) is 3.69. The highest BCUT2D eigenvalue weighted by Gasteiger charge is 2.65. The molecule has 1 saturated carbocycles. The Bertz CT molecular complexity index is 389. The summed E-state index contributed by atoms with van der Waals surface area (Å²) in [5, 5.41) is 2.89. The first kappa shape index (κ1) is 7.83. The Morgan fingerprint density at radius 2 is 2.46 bits per heavy atom. The van der Waals surface area contributed by atoms with Crippen molar-refractivity contribution in [1.82, 2.24) is 5.32 Å². The maximum Gasteiger partial charge on any atom is 0.231 e. The van der Waals surface area contributed by atoms with Crippen molar-refractivity contribution in [2.45, 2.75) is 11.8 Å². The second kappa shape index (κ2) is 2.28. The largest absolute Gasteiger partial charge is 0.355 e. The molecular weight excluding hydrogens is 206 g/mol. The van der Waals surface area contributed by atoms with Crippen LogP contribution in [0.2, 0.25) is 4.34 Å². The molecule has 1 aromatic heterocycles. The van der Waals surface area contributed by atoms with E-state index in [4.69, 9.17) is 11.6 Å². The smallest absolute Gasteiger partial charge is 0.231 e. The molecule has 1 aromatic rings. The van der Waals surface area contributed by atoms with Gasteiger partial charge in [0.25, 0.3) is 0 Å². The summed E-state index contributed by atoms with van der Waals surface area (Å²) in [7, 11) is 0. The second-order valence-corrected chi connectivity index (χ2v) is 5.40. The predicted molar refractivity (Wildman–Crippen MR) is 52.1 cm³/mol. The fraction of sp³-hybridized carbons (Fsp3) is 0.444. The molecule has 2 heterocycles. The number of halogens is 1.